The van der Waals surface area contributed by atoms with Gasteiger partial charge in [-0.25, -0.2) is 0 Å². The molecule has 0 N–H and O–H groups in total. The summed E-state index contributed by atoms with van der Waals surface area (Å²) in [7, 11) is 0. The fourth-order valence-corrected chi connectivity index (χ4v) is 26.7. The molecule has 26 aromatic rings. The highest BCUT2D eigenvalue weighted by Crippen LogP contribution is 2.65. The zero-order valence-electron chi connectivity index (χ0n) is 78.5. The van der Waals surface area contributed by atoms with Crippen LogP contribution in [0.3, 0.4) is 0 Å². The Hall–Kier alpha value is -18.4. The van der Waals surface area contributed by atoms with Crippen LogP contribution in [0.15, 0.2) is 497 Å². The van der Waals surface area contributed by atoms with Crippen LogP contribution >= 0.6 is 0 Å². The highest BCUT2D eigenvalue weighted by molar-refractivity contribution is 6.18. The van der Waals surface area contributed by atoms with Crippen molar-refractivity contribution in [1.82, 2.24) is 18.3 Å². The van der Waals surface area contributed by atoms with Crippen LogP contribution in [0.25, 0.3) is 188 Å². The van der Waals surface area contributed by atoms with Crippen LogP contribution in [0.4, 0.5) is 34.1 Å². The lowest BCUT2D eigenvalue weighted by atomic mass is 9.65. The van der Waals surface area contributed by atoms with Crippen molar-refractivity contribution in [3.8, 4) is 101 Å². The molecular formula is C137H88N6. The molecule has 4 aromatic heterocycles. The van der Waals surface area contributed by atoms with Gasteiger partial charge >= 0.3 is 0 Å². The van der Waals surface area contributed by atoms with Gasteiger partial charge in [-0.05, 0) is 286 Å². The minimum absolute atomic E-state index is 0.242. The maximum absolute atomic E-state index is 2.60. The first kappa shape index (κ1) is 79.7. The van der Waals surface area contributed by atoms with E-state index < -0.39 is 10.8 Å². The molecule has 666 valence electrons. The summed E-state index contributed by atoms with van der Waals surface area (Å²) in [6, 6.07) is 188. The van der Waals surface area contributed by atoms with Crippen molar-refractivity contribution in [2.45, 2.75) is 30.1 Å². The molecule has 0 radical (unpaired) electrons. The summed E-state index contributed by atoms with van der Waals surface area (Å²) in [6.07, 6.45) is 0. The Morgan fingerprint density at radius 1 is 0.168 bits per heavy atom. The highest BCUT2D eigenvalue weighted by Gasteiger charge is 2.54. The molecular weight excluding hydrogens is 1730 g/mol. The van der Waals surface area contributed by atoms with Gasteiger partial charge in [0.25, 0.3) is 0 Å². The van der Waals surface area contributed by atoms with E-state index in [9.17, 15) is 0 Å². The zero-order chi connectivity index (χ0) is 93.8. The second-order valence-corrected chi connectivity index (χ2v) is 40.0. The van der Waals surface area contributed by atoms with Crippen molar-refractivity contribution in [1.29, 1.82) is 0 Å². The summed E-state index contributed by atoms with van der Waals surface area (Å²) < 4.78 is 10.1. The molecule has 6 heterocycles. The van der Waals surface area contributed by atoms with Gasteiger partial charge in [0.1, 0.15) is 0 Å². The number of fused-ring (bicyclic) bond motifs is 33. The smallest absolute Gasteiger partial charge is 0.0754 e. The summed E-state index contributed by atoms with van der Waals surface area (Å²) in [5.74, 6) is 0. The third-order valence-corrected chi connectivity index (χ3v) is 32.7. The summed E-state index contributed by atoms with van der Waals surface area (Å²) in [5.41, 5.74) is 49.2. The zero-order valence-corrected chi connectivity index (χ0v) is 78.5. The topological polar surface area (TPSA) is 26.2 Å². The lowest BCUT2D eigenvalue weighted by molar-refractivity contribution is 0.660. The van der Waals surface area contributed by atoms with Crippen molar-refractivity contribution in [2.24, 2.45) is 0 Å². The molecule has 3 aliphatic carbocycles. The summed E-state index contributed by atoms with van der Waals surface area (Å²) in [6.45, 7) is 4.79. The summed E-state index contributed by atoms with van der Waals surface area (Å²) in [4.78, 5) is 4.95. The fraction of sp³-hybridized carbons (Fsp3) is 0.0365. The maximum Gasteiger partial charge on any atom is 0.0754 e. The predicted octanol–water partition coefficient (Wildman–Crippen LogP) is 35.3. The van der Waals surface area contributed by atoms with E-state index >= 15 is 0 Å². The lowest BCUT2D eigenvalue weighted by Gasteiger charge is -2.40. The van der Waals surface area contributed by atoms with Gasteiger partial charge in [0.15, 0.2) is 0 Å². The monoisotopic (exact) mass is 1820 g/mol. The molecule has 0 unspecified atom stereocenters. The molecule has 2 aliphatic heterocycles. The van der Waals surface area contributed by atoms with Crippen LogP contribution in [0.5, 0.6) is 0 Å². The van der Waals surface area contributed by atoms with Crippen molar-refractivity contribution in [2.75, 3.05) is 9.80 Å². The molecule has 0 bridgehead atoms. The van der Waals surface area contributed by atoms with Crippen molar-refractivity contribution in [3.63, 3.8) is 0 Å². The van der Waals surface area contributed by atoms with Gasteiger partial charge in [0, 0.05) is 99.6 Å². The normalized spacial score (nSPS) is 13.7. The van der Waals surface area contributed by atoms with Crippen LogP contribution in [0.2, 0.25) is 0 Å². The Morgan fingerprint density at radius 3 is 1.14 bits per heavy atom. The van der Waals surface area contributed by atoms with Crippen LogP contribution in [-0.4, -0.2) is 18.3 Å². The number of hydrogen-bond acceptors (Lipinski definition) is 2. The van der Waals surface area contributed by atoms with E-state index in [4.69, 9.17) is 0 Å². The third kappa shape index (κ3) is 11.0. The molecule has 6 heteroatoms. The van der Waals surface area contributed by atoms with Crippen LogP contribution in [0, 0.1) is 0 Å². The minimum Gasteiger partial charge on any atom is -0.310 e. The number of aromatic nitrogens is 4. The average Bonchev–Trinajstić information content (AvgIpc) is 1.50. The molecule has 6 nitrogen and oxygen atoms in total. The van der Waals surface area contributed by atoms with Gasteiger partial charge in [-0.15, -0.1) is 0 Å². The number of rotatable bonds is 12. The number of anilines is 6. The average molecular weight is 1820 g/mol. The Labute approximate surface area is 827 Å². The Morgan fingerprint density at radius 2 is 0.517 bits per heavy atom. The van der Waals surface area contributed by atoms with E-state index in [0.29, 0.717) is 0 Å². The molecule has 0 amide bonds. The standard InChI is InChI=1S/C137H88N6/c1-135(2)115-46-17-9-36-101(115)106-74-71-99(84-123(106)135)139(95-69-62-88(63-70-95)100-44-28-52-121-132(100)143-127-56-25-14-41-107(127)110-45-29-53-122(133(110)143)137(121)118-49-20-12-39-104(118)105-40-13-21-50-119(105)137)98-73-77-130-113(83-98)111-79-90(64-75-128(111)140(130)92-33-7-4-8-34-92)89-32-27-35-96(78-89)141-125-54-23-15-42-108(125)112-82-97(72-76-129(112)141)138(93-65-58-86(59-66-93)85-30-5-3-6-31-85)94-67-60-87(61-68-94)91-80-114-109-43-16-24-55-126(109)142-131-57-26-22-51-120(131)136(124(81-91)134(114)142)116-47-18-10-37-102(116)103-38-11-19-48-117(103)136/h3-84H,1-2H3. The SMILES string of the molecule is CC1(C)c2ccccc2-c2ccc(N(c3ccc(-c4cccc5c4-n4c6ccccc6c6cccc(c64)C54c5ccccc5-c5ccccc54)cc3)c3ccc4c(c3)c3cc(-c5cccc(-n6c7ccccc7c7cc(N(c8ccc(-c9ccccc9)cc8)c8ccc(-c9cc%10c%11c(c9)c9ccccc9n%11-c9ccccc9C%109c%10ccccc%10-c%10ccccc%109)cc8)ccc76)c5)ccc3n4-c3ccccc3)cc21. The second-order valence-electron chi connectivity index (χ2n) is 40.0. The quantitative estimate of drug-likeness (QED) is 0.122. The van der Waals surface area contributed by atoms with Gasteiger partial charge in [0.2, 0.25) is 0 Å². The van der Waals surface area contributed by atoms with Gasteiger partial charge in [-0.1, -0.05) is 354 Å². The largest absolute Gasteiger partial charge is 0.310 e. The molecule has 5 aliphatic rings. The predicted molar refractivity (Wildman–Crippen MR) is 594 cm³/mol. The highest BCUT2D eigenvalue weighted by atomic mass is 15.2. The first-order valence-electron chi connectivity index (χ1n) is 49.9. The lowest BCUT2D eigenvalue weighted by Crippen LogP contribution is -2.33. The molecule has 0 fully saturated rings. The number of para-hydroxylation sites is 7. The first-order chi connectivity index (χ1) is 70.7. The maximum atomic E-state index is 2.60. The fourth-order valence-electron chi connectivity index (χ4n) is 26.7. The van der Waals surface area contributed by atoms with Crippen LogP contribution in [0.1, 0.15) is 69.5 Å². The Balaban J connectivity index is 0.536. The number of benzene rings is 22. The van der Waals surface area contributed by atoms with E-state index in [1.807, 2.05) is 0 Å². The minimum atomic E-state index is -0.574. The van der Waals surface area contributed by atoms with Crippen molar-refractivity contribution in [3.05, 3.63) is 553 Å². The van der Waals surface area contributed by atoms with E-state index in [1.54, 1.807) is 0 Å². The van der Waals surface area contributed by atoms with Gasteiger partial charge in [-0.3, -0.25) is 0 Å². The van der Waals surface area contributed by atoms with E-state index in [2.05, 4.69) is 539 Å². The molecule has 31 rings (SSSR count). The Kier molecular flexibility index (Phi) is 16.6. The summed E-state index contributed by atoms with van der Waals surface area (Å²) >= 11 is 0. The number of hydrogen-bond donors (Lipinski definition) is 0. The molecule has 0 saturated carbocycles. The molecule has 22 aromatic carbocycles. The number of nitrogens with zero attached hydrogens (tertiary/aromatic N) is 6. The van der Waals surface area contributed by atoms with E-state index in [0.717, 1.165) is 106 Å². The van der Waals surface area contributed by atoms with Gasteiger partial charge in [-0.2, -0.15) is 0 Å². The third-order valence-electron chi connectivity index (χ3n) is 32.7. The molecule has 143 heavy (non-hydrogen) atoms. The molecule has 0 saturated heterocycles. The summed E-state index contributed by atoms with van der Waals surface area (Å²) in [5, 5.41) is 9.67. The molecule has 2 spiro atoms. The molecule has 0 atom stereocenters. The first-order valence-corrected chi connectivity index (χ1v) is 49.9. The van der Waals surface area contributed by atoms with E-state index in [-0.39, 0.29) is 5.41 Å². The van der Waals surface area contributed by atoms with Crippen molar-refractivity contribution >= 4 is 121 Å². The van der Waals surface area contributed by atoms with Gasteiger partial charge in [0.05, 0.1) is 66.3 Å². The van der Waals surface area contributed by atoms with Crippen LogP contribution < -0.4 is 9.80 Å². The van der Waals surface area contributed by atoms with Gasteiger partial charge < -0.3 is 28.1 Å². The van der Waals surface area contributed by atoms with E-state index in [1.165, 1.54) is 172 Å². The Bertz CT molecular complexity index is 9860. The van der Waals surface area contributed by atoms with Crippen LogP contribution in [-0.2, 0) is 16.2 Å². The second kappa shape index (κ2) is 29.8. The van der Waals surface area contributed by atoms with Crippen molar-refractivity contribution < 1.29 is 0 Å².